The fourth-order valence-corrected chi connectivity index (χ4v) is 3.77. The molecule has 2 spiro atoms. The molecule has 0 N–H and O–H groups in total. The molecule has 0 amide bonds. The molecule has 3 aliphatic rings. The van der Waals surface area contributed by atoms with Crippen LogP contribution in [0.4, 0.5) is 0 Å². The van der Waals surface area contributed by atoms with Gasteiger partial charge in [0.1, 0.15) is 6.29 Å². The van der Waals surface area contributed by atoms with Gasteiger partial charge in [0.15, 0.2) is 0 Å². The Bertz CT molecular complexity index is 247. The van der Waals surface area contributed by atoms with Gasteiger partial charge in [0.2, 0.25) is 0 Å². The van der Waals surface area contributed by atoms with Crippen molar-refractivity contribution in [3.8, 4) is 0 Å². The predicted octanol–water partition coefficient (Wildman–Crippen LogP) is 2.31. The van der Waals surface area contributed by atoms with E-state index in [-0.39, 0.29) is 11.5 Å². The van der Waals surface area contributed by atoms with Gasteiger partial charge in [-0.1, -0.05) is 6.42 Å². The van der Waals surface area contributed by atoms with Crippen molar-refractivity contribution in [3.05, 3.63) is 0 Å². The first-order chi connectivity index (χ1) is 6.76. The monoisotopic (exact) mass is 194 g/mol. The summed E-state index contributed by atoms with van der Waals surface area (Å²) in [6.45, 7) is 0.805. The Balaban J connectivity index is 1.65. The van der Waals surface area contributed by atoms with Crippen molar-refractivity contribution in [2.24, 2.45) is 11.3 Å². The van der Waals surface area contributed by atoms with Crippen molar-refractivity contribution in [2.75, 3.05) is 6.61 Å². The van der Waals surface area contributed by atoms with Crippen molar-refractivity contribution in [1.82, 2.24) is 0 Å². The van der Waals surface area contributed by atoms with E-state index >= 15 is 0 Å². The molecule has 1 saturated heterocycles. The Kier molecular flexibility index (Phi) is 1.79. The fraction of sp³-hybridized carbons (Fsp3) is 0.917. The van der Waals surface area contributed by atoms with Gasteiger partial charge in [-0.2, -0.15) is 0 Å². The minimum Gasteiger partial charge on any atom is -0.375 e. The van der Waals surface area contributed by atoms with Crippen LogP contribution in [0, 0.1) is 11.3 Å². The second kappa shape index (κ2) is 2.82. The van der Waals surface area contributed by atoms with E-state index in [2.05, 4.69) is 0 Å². The maximum Gasteiger partial charge on any atom is 0.123 e. The fourth-order valence-electron chi connectivity index (χ4n) is 3.77. The number of hydrogen-bond acceptors (Lipinski definition) is 2. The molecule has 3 fully saturated rings. The highest BCUT2D eigenvalue weighted by Crippen LogP contribution is 2.64. The Labute approximate surface area is 85.0 Å². The summed E-state index contributed by atoms with van der Waals surface area (Å²) in [5.74, 6) is 0.279. The van der Waals surface area contributed by atoms with Crippen LogP contribution in [0.1, 0.15) is 44.9 Å². The van der Waals surface area contributed by atoms with Gasteiger partial charge in [-0.15, -0.1) is 0 Å². The lowest BCUT2D eigenvalue weighted by atomic mass is 9.48. The molecule has 2 nitrogen and oxygen atoms in total. The van der Waals surface area contributed by atoms with Crippen LogP contribution in [-0.4, -0.2) is 18.5 Å². The molecule has 0 radical (unpaired) electrons. The highest BCUT2D eigenvalue weighted by atomic mass is 16.5. The summed E-state index contributed by atoms with van der Waals surface area (Å²) in [7, 11) is 0. The summed E-state index contributed by atoms with van der Waals surface area (Å²) in [6, 6.07) is 0. The number of carbonyl (C=O) groups is 1. The second-order valence-electron chi connectivity index (χ2n) is 5.63. The molecule has 0 aromatic rings. The second-order valence-corrected chi connectivity index (χ2v) is 5.63. The summed E-state index contributed by atoms with van der Waals surface area (Å²) in [6.07, 6.45) is 9.78. The van der Waals surface area contributed by atoms with E-state index in [0.29, 0.717) is 5.41 Å². The van der Waals surface area contributed by atoms with E-state index in [9.17, 15) is 4.79 Å². The number of aldehydes is 1. The van der Waals surface area contributed by atoms with Crippen molar-refractivity contribution in [1.29, 1.82) is 0 Å². The molecular weight excluding hydrogens is 176 g/mol. The average molecular weight is 194 g/mol. The highest BCUT2D eigenvalue weighted by Gasteiger charge is 2.58. The van der Waals surface area contributed by atoms with Gasteiger partial charge < -0.3 is 9.53 Å². The molecule has 1 unspecified atom stereocenters. The first kappa shape index (κ1) is 8.90. The lowest BCUT2D eigenvalue weighted by molar-refractivity contribution is -0.220. The number of rotatable bonds is 1. The third kappa shape index (κ3) is 1.16. The largest absolute Gasteiger partial charge is 0.375 e. The molecule has 0 aromatic heterocycles. The zero-order chi connectivity index (χ0) is 9.65. The van der Waals surface area contributed by atoms with Crippen LogP contribution in [0.15, 0.2) is 0 Å². The van der Waals surface area contributed by atoms with Crippen LogP contribution < -0.4 is 0 Å². The minimum absolute atomic E-state index is 0.129. The van der Waals surface area contributed by atoms with E-state index in [1.54, 1.807) is 0 Å². The molecule has 1 aliphatic heterocycles. The first-order valence-corrected chi connectivity index (χ1v) is 5.85. The number of ether oxygens (including phenoxy) is 1. The van der Waals surface area contributed by atoms with Gasteiger partial charge in [-0.05, 0) is 43.9 Å². The molecule has 2 aliphatic carbocycles. The van der Waals surface area contributed by atoms with Crippen LogP contribution >= 0.6 is 0 Å². The van der Waals surface area contributed by atoms with Crippen molar-refractivity contribution in [3.63, 3.8) is 0 Å². The molecule has 78 valence electrons. The maximum atomic E-state index is 10.8. The smallest absolute Gasteiger partial charge is 0.123 e. The highest BCUT2D eigenvalue weighted by molar-refractivity contribution is 5.54. The van der Waals surface area contributed by atoms with Crippen LogP contribution in [0.3, 0.4) is 0 Å². The van der Waals surface area contributed by atoms with Crippen molar-refractivity contribution in [2.45, 2.75) is 50.5 Å². The predicted molar refractivity (Wildman–Crippen MR) is 53.0 cm³/mol. The summed E-state index contributed by atoms with van der Waals surface area (Å²) in [5, 5.41) is 0. The van der Waals surface area contributed by atoms with Crippen molar-refractivity contribution >= 4 is 6.29 Å². The molecular formula is C12H18O2. The molecule has 0 aromatic carbocycles. The molecule has 14 heavy (non-hydrogen) atoms. The lowest BCUT2D eigenvalue weighted by Gasteiger charge is -2.62. The Morgan fingerprint density at radius 3 is 2.64 bits per heavy atom. The minimum atomic E-state index is 0.129. The van der Waals surface area contributed by atoms with E-state index < -0.39 is 0 Å². The molecule has 2 heteroatoms. The molecule has 2 saturated carbocycles. The van der Waals surface area contributed by atoms with Crippen LogP contribution in [0.5, 0.6) is 0 Å². The van der Waals surface area contributed by atoms with Gasteiger partial charge in [0.25, 0.3) is 0 Å². The van der Waals surface area contributed by atoms with E-state index in [0.717, 1.165) is 25.7 Å². The maximum absolute atomic E-state index is 10.8. The van der Waals surface area contributed by atoms with Crippen molar-refractivity contribution < 1.29 is 9.53 Å². The van der Waals surface area contributed by atoms with Crippen LogP contribution in [-0.2, 0) is 9.53 Å². The van der Waals surface area contributed by atoms with Gasteiger partial charge in [0, 0.05) is 12.5 Å². The normalized spacial score (nSPS) is 37.6. The number of hydrogen-bond donors (Lipinski definition) is 0. The SMILES string of the molecule is O=CC1CCOC2(C1)CC1(CCC1)C2. The summed E-state index contributed by atoms with van der Waals surface area (Å²) in [4.78, 5) is 10.8. The Morgan fingerprint density at radius 2 is 2.07 bits per heavy atom. The quantitative estimate of drug-likeness (QED) is 0.599. The zero-order valence-electron chi connectivity index (χ0n) is 8.63. The summed E-state index contributed by atoms with van der Waals surface area (Å²) in [5.41, 5.74) is 0.787. The van der Waals surface area contributed by atoms with Gasteiger partial charge in [-0.25, -0.2) is 0 Å². The summed E-state index contributed by atoms with van der Waals surface area (Å²) >= 11 is 0. The van der Waals surface area contributed by atoms with Crippen LogP contribution in [0.2, 0.25) is 0 Å². The van der Waals surface area contributed by atoms with E-state index in [1.807, 2.05) is 0 Å². The molecule has 3 rings (SSSR count). The first-order valence-electron chi connectivity index (χ1n) is 5.85. The van der Waals surface area contributed by atoms with E-state index in [1.165, 1.54) is 32.1 Å². The molecule has 1 heterocycles. The third-order valence-electron chi connectivity index (χ3n) is 4.53. The molecule has 1 atom stereocenters. The lowest BCUT2D eigenvalue weighted by Crippen LogP contribution is -2.59. The average Bonchev–Trinajstić information content (AvgIpc) is 2.11. The number of carbonyl (C=O) groups excluding carboxylic acids is 1. The van der Waals surface area contributed by atoms with Gasteiger partial charge in [-0.3, -0.25) is 0 Å². The molecule has 0 bridgehead atoms. The summed E-state index contributed by atoms with van der Waals surface area (Å²) < 4.78 is 5.91. The Morgan fingerprint density at radius 1 is 1.29 bits per heavy atom. The zero-order valence-corrected chi connectivity index (χ0v) is 8.63. The van der Waals surface area contributed by atoms with Gasteiger partial charge >= 0.3 is 0 Å². The Hall–Kier alpha value is -0.370. The standard InChI is InChI=1S/C12H18O2/c13-7-10-2-5-14-12(6-10)8-11(9-12)3-1-4-11/h7,10H,1-6,8-9H2. The van der Waals surface area contributed by atoms with Gasteiger partial charge in [0.05, 0.1) is 5.60 Å². The topological polar surface area (TPSA) is 26.3 Å². The van der Waals surface area contributed by atoms with E-state index in [4.69, 9.17) is 4.74 Å². The third-order valence-corrected chi connectivity index (χ3v) is 4.53. The van der Waals surface area contributed by atoms with Crippen LogP contribution in [0.25, 0.3) is 0 Å².